The largest absolute Gasteiger partial charge is 0.496 e. The fourth-order valence-corrected chi connectivity index (χ4v) is 6.68. The molecule has 0 bridgehead atoms. The summed E-state index contributed by atoms with van der Waals surface area (Å²) in [5, 5.41) is 0. The summed E-state index contributed by atoms with van der Waals surface area (Å²) >= 11 is 3.47. The molecule has 0 radical (unpaired) electrons. The molecule has 7 heteroatoms. The van der Waals surface area contributed by atoms with Crippen molar-refractivity contribution in [1.82, 2.24) is 4.90 Å². The van der Waals surface area contributed by atoms with Crippen molar-refractivity contribution in [2.24, 2.45) is 11.8 Å². The number of methoxy groups -OCH3 is 1. The highest BCUT2D eigenvalue weighted by Crippen LogP contribution is 2.54. The summed E-state index contributed by atoms with van der Waals surface area (Å²) in [6, 6.07) is 17.5. The maximum Gasteiger partial charge on any atom is 0.240 e. The van der Waals surface area contributed by atoms with Crippen LogP contribution in [0.25, 0.3) is 6.08 Å². The average Bonchev–Trinajstić information content (AvgIpc) is 3.36. The monoisotopic (exact) mass is 556 g/mol. The summed E-state index contributed by atoms with van der Waals surface area (Å²) in [6.45, 7) is 3.88. The first-order valence-corrected chi connectivity index (χ1v) is 13.0. The van der Waals surface area contributed by atoms with Gasteiger partial charge in [-0.3, -0.25) is 14.4 Å². The van der Waals surface area contributed by atoms with Crippen molar-refractivity contribution in [2.45, 2.75) is 25.9 Å². The molecule has 0 aliphatic carbocycles. The number of carbonyl (C=O) groups is 3. The third-order valence-electron chi connectivity index (χ3n) is 7.76. The molecule has 0 aromatic heterocycles. The molecule has 2 fully saturated rings. The SMILES string of the molecule is COc1ccc(C(=O)C2C3C(=O)N(c4ccc(C)cc4C)C(=O)C3C3c4ccccc4C=CN23)cc1Br. The first-order valence-electron chi connectivity index (χ1n) is 12.2. The quantitative estimate of drug-likeness (QED) is 0.314. The van der Waals surface area contributed by atoms with Crippen LogP contribution < -0.4 is 9.64 Å². The van der Waals surface area contributed by atoms with Crippen LogP contribution in [0, 0.1) is 25.7 Å². The van der Waals surface area contributed by atoms with Gasteiger partial charge in [-0.1, -0.05) is 42.0 Å². The molecule has 37 heavy (non-hydrogen) atoms. The van der Waals surface area contributed by atoms with Gasteiger partial charge in [0, 0.05) is 11.8 Å². The predicted octanol–water partition coefficient (Wildman–Crippen LogP) is 5.47. The minimum Gasteiger partial charge on any atom is -0.496 e. The fourth-order valence-electron chi connectivity index (χ4n) is 6.14. The third-order valence-corrected chi connectivity index (χ3v) is 8.38. The molecular weight excluding hydrogens is 532 g/mol. The lowest BCUT2D eigenvalue weighted by atomic mass is 9.83. The van der Waals surface area contributed by atoms with E-state index in [1.807, 2.05) is 73.5 Å². The smallest absolute Gasteiger partial charge is 0.240 e. The van der Waals surface area contributed by atoms with Crippen molar-refractivity contribution in [1.29, 1.82) is 0 Å². The number of carbonyl (C=O) groups excluding carboxylic acids is 3. The van der Waals surface area contributed by atoms with Crippen LogP contribution in [-0.2, 0) is 9.59 Å². The van der Waals surface area contributed by atoms with Gasteiger partial charge in [0.15, 0.2) is 5.78 Å². The fraction of sp³-hybridized carbons (Fsp3) is 0.233. The number of benzene rings is 3. The highest BCUT2D eigenvalue weighted by atomic mass is 79.9. The molecule has 4 atom stereocenters. The number of imide groups is 1. The molecular formula is C30H25BrN2O4. The highest BCUT2D eigenvalue weighted by Gasteiger charge is 2.64. The van der Waals surface area contributed by atoms with Crippen molar-refractivity contribution in [3.05, 3.63) is 99.2 Å². The number of Topliss-reactive ketones (excluding diaryl/α,β-unsaturated/α-hetero) is 1. The molecule has 3 aromatic carbocycles. The molecule has 3 aliphatic rings. The molecule has 0 spiro atoms. The van der Waals surface area contributed by atoms with Crippen LogP contribution in [0.15, 0.2) is 71.3 Å². The predicted molar refractivity (Wildman–Crippen MR) is 144 cm³/mol. The highest BCUT2D eigenvalue weighted by molar-refractivity contribution is 9.10. The van der Waals surface area contributed by atoms with E-state index in [1.165, 1.54) is 4.90 Å². The zero-order valence-corrected chi connectivity index (χ0v) is 22.2. The molecule has 0 saturated carbocycles. The van der Waals surface area contributed by atoms with E-state index in [4.69, 9.17) is 4.74 Å². The van der Waals surface area contributed by atoms with Crippen LogP contribution in [-0.4, -0.2) is 35.6 Å². The average molecular weight is 557 g/mol. The number of ether oxygens (including phenoxy) is 1. The van der Waals surface area contributed by atoms with E-state index in [9.17, 15) is 14.4 Å². The Morgan fingerprint density at radius 3 is 2.43 bits per heavy atom. The summed E-state index contributed by atoms with van der Waals surface area (Å²) in [7, 11) is 1.56. The molecule has 2 amide bonds. The number of anilines is 1. The van der Waals surface area contributed by atoms with Crippen LogP contribution >= 0.6 is 15.9 Å². The van der Waals surface area contributed by atoms with Crippen molar-refractivity contribution in [3.8, 4) is 5.75 Å². The Morgan fingerprint density at radius 2 is 1.70 bits per heavy atom. The Hall–Kier alpha value is -3.71. The van der Waals surface area contributed by atoms with Crippen LogP contribution in [0.1, 0.15) is 38.7 Å². The first-order chi connectivity index (χ1) is 17.8. The molecule has 6 nitrogen and oxygen atoms in total. The first kappa shape index (κ1) is 23.7. The van der Waals surface area contributed by atoms with E-state index in [0.717, 1.165) is 22.3 Å². The number of fused-ring (bicyclic) bond motifs is 5. The molecule has 4 unspecified atom stereocenters. The van der Waals surface area contributed by atoms with Crippen LogP contribution in [0.2, 0.25) is 0 Å². The second-order valence-corrected chi connectivity index (χ2v) is 10.7. The molecule has 3 aliphatic heterocycles. The molecule has 6 rings (SSSR count). The second kappa shape index (κ2) is 8.70. The normalized spacial score (nSPS) is 23.7. The van der Waals surface area contributed by atoms with Crippen LogP contribution in [0.4, 0.5) is 5.69 Å². The number of rotatable bonds is 4. The molecule has 3 aromatic rings. The maximum atomic E-state index is 14.1. The Kier molecular flexibility index (Phi) is 5.57. The Balaban J connectivity index is 1.49. The van der Waals surface area contributed by atoms with E-state index in [0.29, 0.717) is 21.5 Å². The van der Waals surface area contributed by atoms with Gasteiger partial charge >= 0.3 is 0 Å². The molecule has 2 saturated heterocycles. The number of aryl methyl sites for hydroxylation is 2. The minimum atomic E-state index is -0.813. The Bertz CT molecular complexity index is 1510. The molecule has 186 valence electrons. The van der Waals surface area contributed by atoms with Gasteiger partial charge in [-0.15, -0.1) is 0 Å². The number of amides is 2. The Morgan fingerprint density at radius 1 is 0.946 bits per heavy atom. The Labute approximate surface area is 223 Å². The molecule has 0 N–H and O–H groups in total. The van der Waals surface area contributed by atoms with Crippen molar-refractivity contribution < 1.29 is 19.1 Å². The number of ketones is 1. The van der Waals surface area contributed by atoms with Gasteiger partial charge in [-0.25, -0.2) is 4.90 Å². The van der Waals surface area contributed by atoms with Crippen molar-refractivity contribution in [2.75, 3.05) is 12.0 Å². The second-order valence-electron chi connectivity index (χ2n) is 9.85. The van der Waals surface area contributed by atoms with Gasteiger partial charge in [-0.05, 0) is 76.8 Å². The summed E-state index contributed by atoms with van der Waals surface area (Å²) in [6.07, 6.45) is 3.82. The maximum absolute atomic E-state index is 14.1. The summed E-state index contributed by atoms with van der Waals surface area (Å²) in [4.78, 5) is 45.5. The lowest BCUT2D eigenvalue weighted by Crippen LogP contribution is -2.44. The minimum absolute atomic E-state index is 0.200. The van der Waals surface area contributed by atoms with Crippen LogP contribution in [0.5, 0.6) is 5.75 Å². The van der Waals surface area contributed by atoms with Crippen LogP contribution in [0.3, 0.4) is 0 Å². The molecule has 3 heterocycles. The number of hydrogen-bond donors (Lipinski definition) is 0. The summed E-state index contributed by atoms with van der Waals surface area (Å²) in [5.74, 6) is -1.65. The van der Waals surface area contributed by atoms with Gasteiger partial charge in [0.25, 0.3) is 0 Å². The lowest BCUT2D eigenvalue weighted by Gasteiger charge is -2.35. The van der Waals surface area contributed by atoms with E-state index in [2.05, 4.69) is 15.9 Å². The number of nitrogens with zero attached hydrogens (tertiary/aromatic N) is 2. The number of hydrogen-bond acceptors (Lipinski definition) is 5. The van der Waals surface area contributed by atoms with Gasteiger partial charge in [-0.2, -0.15) is 0 Å². The standard InChI is InChI=1S/C30H25BrN2O4/c1-16-8-10-22(17(2)14-16)33-29(35)24-25(30(33)36)27(28(34)19-9-11-23(37-3)21(31)15-19)32-13-12-18-6-4-5-7-20(18)26(24)32/h4-15,24-27H,1-3H3. The zero-order chi connectivity index (χ0) is 26.0. The van der Waals surface area contributed by atoms with Crippen molar-refractivity contribution in [3.63, 3.8) is 0 Å². The topological polar surface area (TPSA) is 66.9 Å². The van der Waals surface area contributed by atoms with Gasteiger partial charge < -0.3 is 9.64 Å². The zero-order valence-electron chi connectivity index (χ0n) is 20.6. The summed E-state index contributed by atoms with van der Waals surface area (Å²) in [5.41, 5.74) is 4.89. The lowest BCUT2D eigenvalue weighted by molar-refractivity contribution is -0.123. The van der Waals surface area contributed by atoms with E-state index in [-0.39, 0.29) is 17.6 Å². The van der Waals surface area contributed by atoms with Crippen molar-refractivity contribution >= 4 is 45.3 Å². The van der Waals surface area contributed by atoms with E-state index >= 15 is 0 Å². The summed E-state index contributed by atoms with van der Waals surface area (Å²) < 4.78 is 5.98. The van der Waals surface area contributed by atoms with Gasteiger partial charge in [0.05, 0.1) is 35.1 Å². The van der Waals surface area contributed by atoms with E-state index in [1.54, 1.807) is 25.3 Å². The van der Waals surface area contributed by atoms with E-state index < -0.39 is 23.9 Å². The van der Waals surface area contributed by atoms with Gasteiger partial charge in [0.2, 0.25) is 11.8 Å². The van der Waals surface area contributed by atoms with Gasteiger partial charge in [0.1, 0.15) is 11.8 Å². The third kappa shape index (κ3) is 3.48. The number of halogens is 1.